The fraction of sp³-hybridized carbons (Fsp3) is 0.593. The van der Waals surface area contributed by atoms with Crippen LogP contribution in [0.4, 0.5) is 0 Å². The molecule has 1 fully saturated rings. The Morgan fingerprint density at radius 3 is 2.57 bits per heavy atom. The van der Waals surface area contributed by atoms with Gasteiger partial charge in [-0.1, -0.05) is 44.4 Å². The number of pyridine rings is 1. The number of ether oxygens (including phenoxy) is 1. The maximum Gasteiger partial charge on any atom is 0.217 e. The number of allylic oxidation sites excluding steroid dienone is 2. The second-order valence-corrected chi connectivity index (χ2v) is 9.26. The number of hydrogen-bond acceptors (Lipinski definition) is 3. The predicted octanol–water partition coefficient (Wildman–Crippen LogP) is 6.20. The Morgan fingerprint density at radius 2 is 1.97 bits per heavy atom. The first-order valence-corrected chi connectivity index (χ1v) is 11.5. The van der Waals surface area contributed by atoms with Crippen LogP contribution in [0.3, 0.4) is 0 Å². The van der Waals surface area contributed by atoms with E-state index in [0.29, 0.717) is 5.88 Å². The van der Waals surface area contributed by atoms with Crippen molar-refractivity contribution < 1.29 is 9.84 Å². The lowest BCUT2D eigenvalue weighted by Gasteiger charge is -2.27. The van der Waals surface area contributed by atoms with Gasteiger partial charge < -0.3 is 9.84 Å². The van der Waals surface area contributed by atoms with E-state index in [0.717, 1.165) is 54.0 Å². The van der Waals surface area contributed by atoms with E-state index in [-0.39, 0.29) is 11.8 Å². The molecule has 2 aliphatic carbocycles. The lowest BCUT2D eigenvalue weighted by Crippen LogP contribution is -2.16. The van der Waals surface area contributed by atoms with E-state index in [2.05, 4.69) is 58.6 Å². The maximum atomic E-state index is 11.7. The van der Waals surface area contributed by atoms with Crippen molar-refractivity contribution in [1.29, 1.82) is 0 Å². The highest BCUT2D eigenvalue weighted by Crippen LogP contribution is 2.43. The second-order valence-electron chi connectivity index (χ2n) is 9.26. The lowest BCUT2D eigenvalue weighted by atomic mass is 9.82. The number of unbranched alkanes of at least 4 members (excludes halogenated alkanes) is 1. The molecule has 3 nitrogen and oxygen atoms in total. The zero-order chi connectivity index (χ0) is 21.8. The Labute approximate surface area is 182 Å². The van der Waals surface area contributed by atoms with Gasteiger partial charge in [0.05, 0.1) is 7.11 Å². The molecule has 30 heavy (non-hydrogen) atoms. The van der Waals surface area contributed by atoms with Gasteiger partial charge in [-0.3, -0.25) is 0 Å². The highest BCUT2D eigenvalue weighted by molar-refractivity contribution is 5.51. The molecule has 0 aromatic carbocycles. The third-order valence-electron chi connectivity index (χ3n) is 6.11. The number of aryl methyl sites for hydroxylation is 1. The number of nitrogens with zero attached hydrogens (tertiary/aromatic N) is 1. The van der Waals surface area contributed by atoms with Gasteiger partial charge in [0.1, 0.15) is 6.10 Å². The Balaban J connectivity index is 2.10. The molecule has 1 saturated carbocycles. The maximum absolute atomic E-state index is 11.7. The number of hydrogen-bond donors (Lipinski definition) is 1. The Morgan fingerprint density at radius 1 is 1.23 bits per heavy atom. The van der Waals surface area contributed by atoms with Crippen LogP contribution >= 0.6 is 0 Å². The van der Waals surface area contributed by atoms with Gasteiger partial charge in [0.25, 0.3) is 0 Å². The third-order valence-corrected chi connectivity index (χ3v) is 6.11. The minimum atomic E-state index is -0.683. The molecular formula is C27H37NO2. The van der Waals surface area contributed by atoms with Crippen molar-refractivity contribution in [2.24, 2.45) is 11.8 Å². The molecule has 3 heteroatoms. The number of aromatic nitrogens is 1. The summed E-state index contributed by atoms with van der Waals surface area (Å²) in [6.07, 6.45) is 10.1. The fourth-order valence-electron chi connectivity index (χ4n) is 4.43. The molecule has 0 bridgehead atoms. The Kier molecular flexibility index (Phi) is 7.42. The minimum absolute atomic E-state index is 0.172. The molecule has 0 amide bonds. The molecule has 2 aliphatic rings. The lowest BCUT2D eigenvalue weighted by molar-refractivity contribution is 0.214. The zero-order valence-corrected chi connectivity index (χ0v) is 19.5. The highest BCUT2D eigenvalue weighted by Gasteiger charge is 2.31. The van der Waals surface area contributed by atoms with Gasteiger partial charge in [0.15, 0.2) is 0 Å². The molecule has 2 unspecified atom stereocenters. The normalized spacial score (nSPS) is 19.7. The van der Waals surface area contributed by atoms with E-state index in [1.165, 1.54) is 24.0 Å². The van der Waals surface area contributed by atoms with Crippen LogP contribution in [-0.4, -0.2) is 17.2 Å². The number of aliphatic hydroxyl groups is 1. The summed E-state index contributed by atoms with van der Waals surface area (Å²) < 4.78 is 5.67. The average Bonchev–Trinajstić information content (AvgIpc) is 3.52. The smallest absolute Gasteiger partial charge is 0.217 e. The molecule has 1 heterocycles. The highest BCUT2D eigenvalue weighted by atomic mass is 16.5. The van der Waals surface area contributed by atoms with Crippen LogP contribution in [0.5, 0.6) is 5.88 Å². The molecule has 1 aromatic heterocycles. The fourth-order valence-corrected chi connectivity index (χ4v) is 4.43. The largest absolute Gasteiger partial charge is 0.481 e. The van der Waals surface area contributed by atoms with Gasteiger partial charge in [-0.2, -0.15) is 0 Å². The standard InChI is InChI=1S/C27H37NO2/c1-7-8-9-10-21-13-18(4)14-22(15-21)26(29)25-23(16-20-11-12-20)19(5)28-27(30-6)24(25)17(2)3/h14-15,17,20-21,26,29H,7-8,11-13,16H2,1-6H3. The van der Waals surface area contributed by atoms with Crippen LogP contribution < -0.4 is 4.74 Å². The van der Waals surface area contributed by atoms with E-state index < -0.39 is 6.10 Å². The second kappa shape index (κ2) is 9.84. The van der Waals surface area contributed by atoms with Crippen LogP contribution in [0.15, 0.2) is 23.3 Å². The van der Waals surface area contributed by atoms with Gasteiger partial charge >= 0.3 is 0 Å². The van der Waals surface area contributed by atoms with Crippen LogP contribution in [0, 0.1) is 30.6 Å². The van der Waals surface area contributed by atoms with Crippen LogP contribution in [0.1, 0.15) is 94.2 Å². The van der Waals surface area contributed by atoms with Crippen molar-refractivity contribution in [2.45, 2.75) is 85.2 Å². The molecule has 2 atom stereocenters. The van der Waals surface area contributed by atoms with E-state index in [4.69, 9.17) is 9.72 Å². The zero-order valence-electron chi connectivity index (χ0n) is 19.5. The number of aliphatic hydroxyl groups excluding tert-OH is 1. The van der Waals surface area contributed by atoms with E-state index in [9.17, 15) is 5.11 Å². The molecule has 1 N–H and O–H groups in total. The summed E-state index contributed by atoms with van der Waals surface area (Å²) in [6.45, 7) is 10.7. The van der Waals surface area contributed by atoms with E-state index >= 15 is 0 Å². The molecule has 0 spiro atoms. The number of methoxy groups -OCH3 is 1. The first-order chi connectivity index (χ1) is 14.3. The summed E-state index contributed by atoms with van der Waals surface area (Å²) in [5, 5.41) is 11.7. The summed E-state index contributed by atoms with van der Waals surface area (Å²) in [5.74, 6) is 8.44. The SMILES string of the molecule is CCCC#CC1C=C(C(O)c2c(CC3CC3)c(C)nc(OC)c2C(C)C)C=C(C)C1. The van der Waals surface area contributed by atoms with Gasteiger partial charge in [-0.15, -0.1) is 5.92 Å². The van der Waals surface area contributed by atoms with Gasteiger partial charge in [0, 0.05) is 23.6 Å². The molecule has 162 valence electrons. The summed E-state index contributed by atoms with van der Waals surface area (Å²) >= 11 is 0. The molecule has 0 saturated heterocycles. The van der Waals surface area contributed by atoms with Crippen molar-refractivity contribution in [3.8, 4) is 17.7 Å². The van der Waals surface area contributed by atoms with Gasteiger partial charge in [-0.25, -0.2) is 4.98 Å². The van der Waals surface area contributed by atoms with Gasteiger partial charge in [0.2, 0.25) is 5.88 Å². The van der Waals surface area contributed by atoms with Crippen molar-refractivity contribution in [3.05, 3.63) is 45.7 Å². The molecule has 1 aromatic rings. The first kappa shape index (κ1) is 22.6. The summed E-state index contributed by atoms with van der Waals surface area (Å²) in [5.41, 5.74) is 6.47. The quantitative estimate of drug-likeness (QED) is 0.547. The molecular weight excluding hydrogens is 370 g/mol. The Bertz CT molecular complexity index is 894. The average molecular weight is 408 g/mol. The van der Waals surface area contributed by atoms with Crippen LogP contribution in [-0.2, 0) is 6.42 Å². The third kappa shape index (κ3) is 5.16. The van der Waals surface area contributed by atoms with Crippen molar-refractivity contribution in [3.63, 3.8) is 0 Å². The van der Waals surface area contributed by atoms with Crippen molar-refractivity contribution in [2.75, 3.05) is 7.11 Å². The van der Waals surface area contributed by atoms with Crippen molar-refractivity contribution >= 4 is 0 Å². The topological polar surface area (TPSA) is 42.4 Å². The molecule has 3 rings (SSSR count). The molecule has 0 aliphatic heterocycles. The summed E-state index contributed by atoms with van der Waals surface area (Å²) in [6, 6.07) is 0. The van der Waals surface area contributed by atoms with Crippen LogP contribution in [0.25, 0.3) is 0 Å². The van der Waals surface area contributed by atoms with Crippen molar-refractivity contribution in [1.82, 2.24) is 4.98 Å². The first-order valence-electron chi connectivity index (χ1n) is 11.5. The van der Waals surface area contributed by atoms with Gasteiger partial charge in [-0.05, 0) is 74.5 Å². The van der Waals surface area contributed by atoms with E-state index in [1.807, 2.05) is 0 Å². The minimum Gasteiger partial charge on any atom is -0.481 e. The molecule has 0 radical (unpaired) electrons. The summed E-state index contributed by atoms with van der Waals surface area (Å²) in [4.78, 5) is 4.77. The monoisotopic (exact) mass is 407 g/mol. The summed E-state index contributed by atoms with van der Waals surface area (Å²) in [7, 11) is 1.67. The predicted molar refractivity (Wildman–Crippen MR) is 124 cm³/mol. The number of rotatable bonds is 7. The van der Waals surface area contributed by atoms with Crippen LogP contribution in [0.2, 0.25) is 0 Å². The van der Waals surface area contributed by atoms with E-state index in [1.54, 1.807) is 7.11 Å². The Hall–Kier alpha value is -2.05.